The summed E-state index contributed by atoms with van der Waals surface area (Å²) in [6, 6.07) is 18.1. The zero-order valence-electron chi connectivity index (χ0n) is 17.5. The molecule has 7 nitrogen and oxygen atoms in total. The van der Waals surface area contributed by atoms with Crippen LogP contribution < -0.4 is 0 Å². The van der Waals surface area contributed by atoms with Crippen molar-refractivity contribution in [3.8, 4) is 11.4 Å². The summed E-state index contributed by atoms with van der Waals surface area (Å²) in [5, 5.41) is 10.1. The molecule has 4 rings (SSSR count). The van der Waals surface area contributed by atoms with Crippen molar-refractivity contribution in [2.45, 2.75) is 22.3 Å². The molecule has 0 saturated carbocycles. The van der Waals surface area contributed by atoms with E-state index in [1.807, 2.05) is 47.0 Å². The monoisotopic (exact) mass is 488 g/mol. The maximum atomic E-state index is 12.4. The molecule has 0 aliphatic rings. The van der Waals surface area contributed by atoms with Crippen LogP contribution in [0.25, 0.3) is 11.4 Å². The first-order valence-corrected chi connectivity index (χ1v) is 12.5. The van der Waals surface area contributed by atoms with Crippen LogP contribution in [0.1, 0.15) is 11.3 Å². The van der Waals surface area contributed by atoms with Crippen LogP contribution in [-0.2, 0) is 22.3 Å². The first-order chi connectivity index (χ1) is 15.3. The molecular formula is C22H21ClN4O3S2. The Morgan fingerprint density at radius 3 is 2.53 bits per heavy atom. The minimum atomic E-state index is -3.49. The van der Waals surface area contributed by atoms with Gasteiger partial charge in [0.25, 0.3) is 0 Å². The Labute approximate surface area is 196 Å². The average Bonchev–Trinajstić information content (AvgIpc) is 3.43. The molecule has 0 saturated heterocycles. The van der Waals surface area contributed by atoms with Crippen LogP contribution in [0.15, 0.2) is 81.4 Å². The molecule has 0 atom stereocenters. The summed E-state index contributed by atoms with van der Waals surface area (Å²) in [7, 11) is -0.453. The van der Waals surface area contributed by atoms with E-state index < -0.39 is 10.0 Å². The Balaban J connectivity index is 1.62. The number of hydrogen-bond acceptors (Lipinski definition) is 6. The number of nitrogens with zero attached hydrogens (tertiary/aromatic N) is 4. The Bertz CT molecular complexity index is 1300. The molecule has 0 unspecified atom stereocenters. The lowest BCUT2D eigenvalue weighted by Crippen LogP contribution is -2.22. The van der Waals surface area contributed by atoms with Gasteiger partial charge in [-0.15, -0.1) is 10.2 Å². The minimum absolute atomic E-state index is 0.263. The zero-order valence-corrected chi connectivity index (χ0v) is 19.9. The molecule has 4 aromatic rings. The van der Waals surface area contributed by atoms with Gasteiger partial charge in [0.05, 0.1) is 17.7 Å². The number of furan rings is 1. The second-order valence-electron chi connectivity index (χ2n) is 7.20. The molecular weight excluding hydrogens is 468 g/mol. The average molecular weight is 489 g/mol. The molecule has 0 bridgehead atoms. The van der Waals surface area contributed by atoms with Crippen LogP contribution in [0.3, 0.4) is 0 Å². The molecule has 2 heterocycles. The van der Waals surface area contributed by atoms with E-state index in [1.54, 1.807) is 24.5 Å². The van der Waals surface area contributed by atoms with Gasteiger partial charge in [-0.05, 0) is 54.1 Å². The number of halogens is 1. The van der Waals surface area contributed by atoms with Crippen LogP contribution in [0.4, 0.5) is 0 Å². The SMILES string of the molecule is CN(C)S(=O)(=O)c1cccc(CSc2nnc(-c3ccc(Cl)cc3)n2Cc2ccco2)c1. The summed E-state index contributed by atoms with van der Waals surface area (Å²) in [4.78, 5) is 0.263. The van der Waals surface area contributed by atoms with Crippen molar-refractivity contribution in [2.24, 2.45) is 0 Å². The predicted molar refractivity (Wildman–Crippen MR) is 125 cm³/mol. The van der Waals surface area contributed by atoms with E-state index in [4.69, 9.17) is 16.0 Å². The molecule has 0 aliphatic heterocycles. The van der Waals surface area contributed by atoms with Gasteiger partial charge in [-0.2, -0.15) is 0 Å². The van der Waals surface area contributed by atoms with E-state index in [0.29, 0.717) is 28.3 Å². The fourth-order valence-electron chi connectivity index (χ4n) is 3.06. The van der Waals surface area contributed by atoms with E-state index in [9.17, 15) is 8.42 Å². The first kappa shape index (κ1) is 22.6. The van der Waals surface area contributed by atoms with Crippen LogP contribution in [0, 0.1) is 0 Å². The summed E-state index contributed by atoms with van der Waals surface area (Å²) in [5.41, 5.74) is 1.76. The lowest BCUT2D eigenvalue weighted by atomic mass is 10.2. The molecule has 2 aromatic heterocycles. The van der Waals surface area contributed by atoms with E-state index in [0.717, 1.165) is 16.9 Å². The van der Waals surface area contributed by atoms with Gasteiger partial charge in [0.1, 0.15) is 5.76 Å². The number of rotatable bonds is 8. The fourth-order valence-corrected chi connectivity index (χ4v) is 5.04. The number of sulfonamides is 1. The standard InChI is InChI=1S/C22H21ClN4O3S2/c1-26(2)32(28,29)20-7-3-5-16(13-20)15-31-22-25-24-21(17-8-10-18(23)11-9-17)27(22)14-19-6-4-12-30-19/h3-13H,14-15H2,1-2H3. The highest BCUT2D eigenvalue weighted by atomic mass is 35.5. The molecule has 0 radical (unpaired) electrons. The first-order valence-electron chi connectivity index (χ1n) is 9.70. The van der Waals surface area contributed by atoms with E-state index in [-0.39, 0.29) is 4.90 Å². The second-order valence-corrected chi connectivity index (χ2v) is 10.7. The summed E-state index contributed by atoms with van der Waals surface area (Å²) >= 11 is 7.51. The Morgan fingerprint density at radius 1 is 1.06 bits per heavy atom. The Hall–Kier alpha value is -2.59. The maximum absolute atomic E-state index is 12.4. The van der Waals surface area contributed by atoms with E-state index in [1.165, 1.54) is 30.2 Å². The quantitative estimate of drug-likeness (QED) is 0.332. The Kier molecular flexibility index (Phi) is 6.71. The number of thioether (sulfide) groups is 1. The van der Waals surface area contributed by atoms with Crippen molar-refractivity contribution in [2.75, 3.05) is 14.1 Å². The highest BCUT2D eigenvalue weighted by molar-refractivity contribution is 7.98. The minimum Gasteiger partial charge on any atom is -0.467 e. The molecule has 32 heavy (non-hydrogen) atoms. The highest BCUT2D eigenvalue weighted by Crippen LogP contribution is 2.29. The molecule has 0 aliphatic carbocycles. The largest absolute Gasteiger partial charge is 0.467 e. The summed E-state index contributed by atoms with van der Waals surface area (Å²) in [6.45, 7) is 0.468. The maximum Gasteiger partial charge on any atom is 0.242 e. The molecule has 2 aromatic carbocycles. The molecule has 0 N–H and O–H groups in total. The van der Waals surface area contributed by atoms with Crippen LogP contribution in [-0.4, -0.2) is 41.6 Å². The van der Waals surface area contributed by atoms with Gasteiger partial charge >= 0.3 is 0 Å². The smallest absolute Gasteiger partial charge is 0.242 e. The van der Waals surface area contributed by atoms with Crippen molar-refractivity contribution in [3.05, 3.63) is 83.3 Å². The molecule has 0 spiro atoms. The summed E-state index contributed by atoms with van der Waals surface area (Å²) in [6.07, 6.45) is 1.63. The predicted octanol–water partition coefficient (Wildman–Crippen LogP) is 4.78. The van der Waals surface area contributed by atoms with Crippen molar-refractivity contribution in [1.82, 2.24) is 19.1 Å². The normalized spacial score (nSPS) is 11.9. The summed E-state index contributed by atoms with van der Waals surface area (Å²) in [5.74, 6) is 2.01. The second kappa shape index (κ2) is 9.50. The van der Waals surface area contributed by atoms with Gasteiger partial charge < -0.3 is 4.42 Å². The lowest BCUT2D eigenvalue weighted by Gasteiger charge is -2.12. The van der Waals surface area contributed by atoms with Crippen LogP contribution >= 0.6 is 23.4 Å². The third kappa shape index (κ3) is 4.91. The van der Waals surface area contributed by atoms with E-state index in [2.05, 4.69) is 10.2 Å². The fraction of sp³-hybridized carbons (Fsp3) is 0.182. The van der Waals surface area contributed by atoms with Crippen LogP contribution in [0.2, 0.25) is 5.02 Å². The number of benzene rings is 2. The van der Waals surface area contributed by atoms with E-state index >= 15 is 0 Å². The number of hydrogen-bond donors (Lipinski definition) is 0. The van der Waals surface area contributed by atoms with Crippen molar-refractivity contribution in [1.29, 1.82) is 0 Å². The summed E-state index contributed by atoms with van der Waals surface area (Å²) < 4.78 is 33.6. The number of aromatic nitrogens is 3. The van der Waals surface area contributed by atoms with Crippen LogP contribution in [0.5, 0.6) is 0 Å². The van der Waals surface area contributed by atoms with Gasteiger partial charge in [0.15, 0.2) is 11.0 Å². The third-order valence-electron chi connectivity index (χ3n) is 4.76. The lowest BCUT2D eigenvalue weighted by molar-refractivity contribution is 0.485. The van der Waals surface area contributed by atoms with Crippen molar-refractivity contribution >= 4 is 33.4 Å². The van der Waals surface area contributed by atoms with Gasteiger partial charge in [-0.25, -0.2) is 12.7 Å². The van der Waals surface area contributed by atoms with Crippen molar-refractivity contribution < 1.29 is 12.8 Å². The molecule has 166 valence electrons. The third-order valence-corrected chi connectivity index (χ3v) is 7.86. The topological polar surface area (TPSA) is 81.2 Å². The Morgan fingerprint density at radius 2 is 1.84 bits per heavy atom. The van der Waals surface area contributed by atoms with Gasteiger partial charge in [-0.3, -0.25) is 4.57 Å². The molecule has 0 fully saturated rings. The molecule has 0 amide bonds. The highest BCUT2D eigenvalue weighted by Gasteiger charge is 2.19. The van der Waals surface area contributed by atoms with Gasteiger partial charge in [0.2, 0.25) is 10.0 Å². The van der Waals surface area contributed by atoms with Crippen molar-refractivity contribution in [3.63, 3.8) is 0 Å². The zero-order chi connectivity index (χ0) is 22.7. The van der Waals surface area contributed by atoms with Gasteiger partial charge in [-0.1, -0.05) is 35.5 Å². The van der Waals surface area contributed by atoms with Gasteiger partial charge in [0, 0.05) is 30.4 Å². The molecule has 10 heteroatoms.